The number of benzene rings is 1. The summed E-state index contributed by atoms with van der Waals surface area (Å²) in [6.07, 6.45) is 0.774. The van der Waals surface area contributed by atoms with Crippen LogP contribution < -0.4 is 4.90 Å². The van der Waals surface area contributed by atoms with Gasteiger partial charge in [-0.25, -0.2) is 0 Å². The Balaban J connectivity index is 3.12. The first-order chi connectivity index (χ1) is 7.79. The van der Waals surface area contributed by atoms with Crippen molar-refractivity contribution in [3.05, 3.63) is 28.8 Å². The summed E-state index contributed by atoms with van der Waals surface area (Å²) < 4.78 is 0. The lowest BCUT2D eigenvalue weighted by Crippen LogP contribution is -2.42. The molecule has 0 spiro atoms. The van der Waals surface area contributed by atoms with Crippen molar-refractivity contribution in [1.82, 2.24) is 0 Å². The number of nitrogens with zero attached hydrogens (tertiary/aromatic N) is 1. The van der Waals surface area contributed by atoms with Crippen LogP contribution in [0, 0.1) is 20.8 Å². The van der Waals surface area contributed by atoms with Crippen molar-refractivity contribution in [3.63, 3.8) is 0 Å². The maximum Gasteiger partial charge on any atom is 0.0453 e. The molecule has 17 heavy (non-hydrogen) atoms. The molecule has 0 heterocycles. The van der Waals surface area contributed by atoms with Crippen LogP contribution in [0.3, 0.4) is 0 Å². The summed E-state index contributed by atoms with van der Waals surface area (Å²) in [5.74, 6) is 0. The van der Waals surface area contributed by atoms with Crippen molar-refractivity contribution in [2.24, 2.45) is 0 Å². The molecule has 2 nitrogen and oxygen atoms in total. The van der Waals surface area contributed by atoms with Gasteiger partial charge in [-0.05, 0) is 63.8 Å². The quantitative estimate of drug-likeness (QED) is 0.866. The summed E-state index contributed by atoms with van der Waals surface area (Å²) in [6.45, 7) is 11.0. The fourth-order valence-electron chi connectivity index (χ4n) is 2.07. The first kappa shape index (κ1) is 14.0. The minimum atomic E-state index is -0.0266. The van der Waals surface area contributed by atoms with Crippen molar-refractivity contribution in [1.29, 1.82) is 0 Å². The van der Waals surface area contributed by atoms with E-state index < -0.39 is 0 Å². The Labute approximate surface area is 105 Å². The molecule has 1 aromatic rings. The van der Waals surface area contributed by atoms with E-state index in [1.807, 2.05) is 0 Å². The van der Waals surface area contributed by atoms with Gasteiger partial charge in [-0.3, -0.25) is 0 Å². The van der Waals surface area contributed by atoms with Gasteiger partial charge in [0.05, 0.1) is 0 Å². The Morgan fingerprint density at radius 2 is 1.59 bits per heavy atom. The van der Waals surface area contributed by atoms with Gasteiger partial charge in [0.25, 0.3) is 0 Å². The molecule has 1 rings (SSSR count). The molecular formula is C15H25NO. The lowest BCUT2D eigenvalue weighted by molar-refractivity contribution is 0.250. The fourth-order valence-corrected chi connectivity index (χ4v) is 2.07. The van der Waals surface area contributed by atoms with Crippen LogP contribution in [0.1, 0.15) is 37.0 Å². The van der Waals surface area contributed by atoms with Crippen LogP contribution in [0.15, 0.2) is 12.1 Å². The molecule has 0 saturated carbocycles. The minimum absolute atomic E-state index is 0.0266. The van der Waals surface area contributed by atoms with Gasteiger partial charge in [-0.1, -0.05) is 6.07 Å². The summed E-state index contributed by atoms with van der Waals surface area (Å²) >= 11 is 0. The Morgan fingerprint density at radius 3 is 2.12 bits per heavy atom. The zero-order valence-corrected chi connectivity index (χ0v) is 12.0. The summed E-state index contributed by atoms with van der Waals surface area (Å²) in [5, 5.41) is 9.14. The van der Waals surface area contributed by atoms with E-state index in [2.05, 4.69) is 58.7 Å². The van der Waals surface area contributed by atoms with E-state index in [1.54, 1.807) is 0 Å². The Morgan fingerprint density at radius 1 is 1.06 bits per heavy atom. The van der Waals surface area contributed by atoms with Crippen LogP contribution in [0.25, 0.3) is 0 Å². The predicted molar refractivity (Wildman–Crippen MR) is 74.8 cm³/mol. The molecule has 0 aromatic heterocycles. The molecule has 0 atom stereocenters. The molecule has 0 unspecified atom stereocenters. The molecule has 0 saturated heterocycles. The Hall–Kier alpha value is -1.02. The number of hydrogen-bond donors (Lipinski definition) is 1. The van der Waals surface area contributed by atoms with Gasteiger partial charge in [0.15, 0.2) is 0 Å². The topological polar surface area (TPSA) is 23.5 Å². The fraction of sp³-hybridized carbons (Fsp3) is 0.600. The van der Waals surface area contributed by atoms with E-state index in [9.17, 15) is 0 Å². The predicted octanol–water partition coefficient (Wildman–Crippen LogP) is 3.21. The van der Waals surface area contributed by atoms with E-state index in [4.69, 9.17) is 5.11 Å². The van der Waals surface area contributed by atoms with E-state index in [0.717, 1.165) is 6.42 Å². The highest BCUT2D eigenvalue weighted by Gasteiger charge is 2.24. The standard InChI is InChI=1S/C15H25NO/c1-11-9-13(3)14(10-12(11)2)16(6)15(4,5)7-8-17/h9-10,17H,7-8H2,1-6H3. The highest BCUT2D eigenvalue weighted by molar-refractivity contribution is 5.57. The van der Waals surface area contributed by atoms with Gasteiger partial charge in [0, 0.05) is 24.9 Å². The van der Waals surface area contributed by atoms with Crippen LogP contribution in [-0.4, -0.2) is 24.3 Å². The van der Waals surface area contributed by atoms with E-state index >= 15 is 0 Å². The van der Waals surface area contributed by atoms with Gasteiger partial charge < -0.3 is 10.0 Å². The number of hydrogen-bond acceptors (Lipinski definition) is 2. The highest BCUT2D eigenvalue weighted by Crippen LogP contribution is 2.29. The molecule has 1 N–H and O–H groups in total. The second kappa shape index (κ2) is 5.09. The number of aryl methyl sites for hydroxylation is 3. The molecule has 0 aliphatic rings. The van der Waals surface area contributed by atoms with Gasteiger partial charge in [0.1, 0.15) is 0 Å². The lowest BCUT2D eigenvalue weighted by Gasteiger charge is -2.38. The smallest absolute Gasteiger partial charge is 0.0453 e. The third kappa shape index (κ3) is 3.01. The van der Waals surface area contributed by atoms with E-state index in [1.165, 1.54) is 22.4 Å². The van der Waals surface area contributed by atoms with Gasteiger partial charge >= 0.3 is 0 Å². The summed E-state index contributed by atoms with van der Waals surface area (Å²) in [7, 11) is 2.10. The summed E-state index contributed by atoms with van der Waals surface area (Å²) in [6, 6.07) is 4.47. The van der Waals surface area contributed by atoms with Crippen molar-refractivity contribution in [2.45, 2.75) is 46.6 Å². The molecule has 0 radical (unpaired) electrons. The molecule has 96 valence electrons. The third-order valence-electron chi connectivity index (χ3n) is 3.81. The lowest BCUT2D eigenvalue weighted by atomic mass is 9.96. The van der Waals surface area contributed by atoms with Crippen LogP contribution in [-0.2, 0) is 0 Å². The number of anilines is 1. The zero-order valence-electron chi connectivity index (χ0n) is 12.0. The van der Waals surface area contributed by atoms with Crippen LogP contribution >= 0.6 is 0 Å². The van der Waals surface area contributed by atoms with Crippen molar-refractivity contribution in [2.75, 3.05) is 18.6 Å². The molecule has 0 fully saturated rings. The molecule has 2 heteroatoms. The van der Waals surface area contributed by atoms with Crippen LogP contribution in [0.4, 0.5) is 5.69 Å². The van der Waals surface area contributed by atoms with Crippen molar-refractivity contribution < 1.29 is 5.11 Å². The highest BCUT2D eigenvalue weighted by atomic mass is 16.3. The first-order valence-corrected chi connectivity index (χ1v) is 6.22. The molecule has 0 amide bonds. The average Bonchev–Trinajstić information content (AvgIpc) is 2.22. The maximum absolute atomic E-state index is 9.14. The minimum Gasteiger partial charge on any atom is -0.396 e. The van der Waals surface area contributed by atoms with Crippen LogP contribution in [0.5, 0.6) is 0 Å². The monoisotopic (exact) mass is 235 g/mol. The SMILES string of the molecule is Cc1cc(C)c(N(C)C(C)(C)CCO)cc1C. The second-order valence-electron chi connectivity index (χ2n) is 5.57. The van der Waals surface area contributed by atoms with Crippen molar-refractivity contribution in [3.8, 4) is 0 Å². The summed E-state index contributed by atoms with van der Waals surface area (Å²) in [4.78, 5) is 2.27. The van der Waals surface area contributed by atoms with Crippen molar-refractivity contribution >= 4 is 5.69 Å². The van der Waals surface area contributed by atoms with Gasteiger partial charge in [0.2, 0.25) is 0 Å². The van der Waals surface area contributed by atoms with Gasteiger partial charge in [-0.15, -0.1) is 0 Å². The zero-order chi connectivity index (χ0) is 13.2. The maximum atomic E-state index is 9.14. The molecule has 0 bridgehead atoms. The van der Waals surface area contributed by atoms with E-state index in [0.29, 0.717) is 0 Å². The first-order valence-electron chi connectivity index (χ1n) is 6.22. The van der Waals surface area contributed by atoms with Crippen LogP contribution in [0.2, 0.25) is 0 Å². The van der Waals surface area contributed by atoms with E-state index in [-0.39, 0.29) is 12.1 Å². The molecular weight excluding hydrogens is 210 g/mol. The average molecular weight is 235 g/mol. The number of aliphatic hydroxyl groups excluding tert-OH is 1. The number of rotatable bonds is 4. The normalized spacial score (nSPS) is 11.7. The Kier molecular flexibility index (Phi) is 4.21. The molecule has 0 aliphatic heterocycles. The Bertz CT molecular complexity index is 396. The largest absolute Gasteiger partial charge is 0.396 e. The summed E-state index contributed by atoms with van der Waals surface area (Å²) in [5.41, 5.74) is 5.17. The number of aliphatic hydroxyl groups is 1. The molecule has 0 aliphatic carbocycles. The third-order valence-corrected chi connectivity index (χ3v) is 3.81. The molecule has 1 aromatic carbocycles. The van der Waals surface area contributed by atoms with Gasteiger partial charge in [-0.2, -0.15) is 0 Å². The second-order valence-corrected chi connectivity index (χ2v) is 5.57.